The second kappa shape index (κ2) is 10.3. The van der Waals surface area contributed by atoms with E-state index >= 15 is 0 Å². The zero-order chi connectivity index (χ0) is 27.0. The van der Waals surface area contributed by atoms with Crippen LogP contribution in [0.4, 0.5) is 0 Å². The Hall–Kier alpha value is -2.59. The van der Waals surface area contributed by atoms with Crippen LogP contribution in [-0.4, -0.2) is 57.8 Å². The lowest BCUT2D eigenvalue weighted by Gasteiger charge is -2.58. The molecule has 7 atom stereocenters. The van der Waals surface area contributed by atoms with Gasteiger partial charge in [0.05, 0.1) is 12.7 Å². The summed E-state index contributed by atoms with van der Waals surface area (Å²) < 4.78 is 5.18. The summed E-state index contributed by atoms with van der Waals surface area (Å²) in [5.41, 5.74) is -1.94. The monoisotopic (exact) mass is 519 g/mol. The number of esters is 1. The number of fused-ring (bicyclic) bond motifs is 5. The van der Waals surface area contributed by atoms with Gasteiger partial charge in [-0.2, -0.15) is 0 Å². The lowest BCUT2D eigenvalue weighted by molar-refractivity contribution is -0.757. The van der Waals surface area contributed by atoms with Gasteiger partial charge < -0.3 is 19.8 Å². The lowest BCUT2D eigenvalue weighted by atomic mass is 9.47. The Morgan fingerprint density at radius 2 is 2.00 bits per heavy atom. The van der Waals surface area contributed by atoms with Crippen molar-refractivity contribution in [2.45, 2.75) is 83.3 Å². The molecule has 4 aliphatic carbocycles. The summed E-state index contributed by atoms with van der Waals surface area (Å²) in [5.74, 6) is -1.07. The van der Waals surface area contributed by atoms with Crippen molar-refractivity contribution in [3.8, 4) is 0 Å². The molecule has 37 heavy (non-hydrogen) atoms. The number of ketones is 2. The molecule has 0 saturated heterocycles. The van der Waals surface area contributed by atoms with E-state index in [1.807, 2.05) is 13.0 Å². The summed E-state index contributed by atoms with van der Waals surface area (Å²) in [6, 6.07) is 0. The van der Waals surface area contributed by atoms with Gasteiger partial charge in [-0.3, -0.25) is 14.4 Å². The van der Waals surface area contributed by atoms with Crippen LogP contribution in [0.3, 0.4) is 0 Å². The molecule has 2 N–H and O–H groups in total. The number of ether oxygens (including phenoxy) is 1. The second-order valence-corrected chi connectivity index (χ2v) is 11.6. The van der Waals surface area contributed by atoms with Crippen LogP contribution in [0.15, 0.2) is 23.8 Å². The number of allylic oxidation sites excluding steroid dienone is 4. The van der Waals surface area contributed by atoms with E-state index in [0.29, 0.717) is 38.5 Å². The molecule has 0 spiro atoms. The molecule has 0 aromatic heterocycles. The minimum atomic E-state index is -1.70. The molecular formula is C27H37NO9. The number of aliphatic hydroxyl groups is 2. The summed E-state index contributed by atoms with van der Waals surface area (Å²) in [5, 5.41) is 32.4. The number of carbonyl (C=O) groups is 3. The van der Waals surface area contributed by atoms with Crippen molar-refractivity contribution in [1.82, 2.24) is 0 Å². The summed E-state index contributed by atoms with van der Waals surface area (Å²) in [7, 11) is 0. The Labute approximate surface area is 216 Å². The van der Waals surface area contributed by atoms with Crippen LogP contribution < -0.4 is 0 Å². The number of rotatable bonds is 10. The van der Waals surface area contributed by atoms with Crippen molar-refractivity contribution in [2.24, 2.45) is 28.6 Å². The Morgan fingerprint density at radius 1 is 1.24 bits per heavy atom. The van der Waals surface area contributed by atoms with E-state index in [9.17, 15) is 34.7 Å². The molecule has 0 heterocycles. The maximum atomic E-state index is 13.3. The molecular weight excluding hydrogens is 482 g/mol. The number of unbranched alkanes of at least 4 members (excludes halogenated alkanes) is 2. The van der Waals surface area contributed by atoms with E-state index in [2.05, 4.69) is 17.8 Å². The molecule has 2 saturated carbocycles. The predicted octanol–water partition coefficient (Wildman–Crippen LogP) is 2.88. The highest BCUT2D eigenvalue weighted by atomic mass is 16.9. The van der Waals surface area contributed by atoms with Crippen molar-refractivity contribution in [3.05, 3.63) is 33.9 Å². The fourth-order valence-electron chi connectivity index (χ4n) is 7.72. The highest BCUT2D eigenvalue weighted by molar-refractivity contribution is 5.93. The fourth-order valence-corrected chi connectivity index (χ4v) is 7.72. The van der Waals surface area contributed by atoms with Gasteiger partial charge in [0, 0.05) is 29.6 Å². The normalized spacial score (nSPS) is 38.2. The van der Waals surface area contributed by atoms with Gasteiger partial charge in [-0.25, -0.2) is 0 Å². The van der Waals surface area contributed by atoms with Crippen molar-refractivity contribution in [3.63, 3.8) is 0 Å². The van der Waals surface area contributed by atoms with E-state index < -0.39 is 46.0 Å². The minimum absolute atomic E-state index is 0.00703. The molecule has 204 valence electrons. The van der Waals surface area contributed by atoms with Crippen molar-refractivity contribution < 1.29 is 39.3 Å². The highest BCUT2D eigenvalue weighted by Gasteiger charge is 2.67. The molecule has 4 rings (SSSR count). The van der Waals surface area contributed by atoms with Crippen LogP contribution >= 0.6 is 0 Å². The Bertz CT molecular complexity index is 1020. The van der Waals surface area contributed by atoms with Crippen LogP contribution in [0.25, 0.3) is 0 Å². The zero-order valence-electron chi connectivity index (χ0n) is 21.5. The number of Topliss-reactive ketones (excluding diaryl/α,β-unsaturated/α-hetero) is 1. The van der Waals surface area contributed by atoms with Gasteiger partial charge in [0.25, 0.3) is 5.09 Å². The van der Waals surface area contributed by atoms with Gasteiger partial charge in [-0.1, -0.05) is 38.0 Å². The van der Waals surface area contributed by atoms with Gasteiger partial charge in [0.15, 0.2) is 12.4 Å². The first-order valence-corrected chi connectivity index (χ1v) is 13.2. The maximum Gasteiger partial charge on any atom is 0.306 e. The highest BCUT2D eigenvalue weighted by Crippen LogP contribution is 2.66. The average Bonchev–Trinajstić information content (AvgIpc) is 3.10. The molecule has 0 aromatic carbocycles. The Balaban J connectivity index is 1.38. The summed E-state index contributed by atoms with van der Waals surface area (Å²) in [4.78, 5) is 51.7. The molecule has 0 radical (unpaired) electrons. The molecule has 0 bridgehead atoms. The maximum absolute atomic E-state index is 13.3. The van der Waals surface area contributed by atoms with Gasteiger partial charge in [0.1, 0.15) is 5.60 Å². The summed E-state index contributed by atoms with van der Waals surface area (Å²) in [6.45, 7) is 3.38. The van der Waals surface area contributed by atoms with Gasteiger partial charge >= 0.3 is 5.97 Å². The first kappa shape index (κ1) is 27.4. The van der Waals surface area contributed by atoms with Crippen LogP contribution in [-0.2, 0) is 24.0 Å². The van der Waals surface area contributed by atoms with Crippen LogP contribution in [0.1, 0.15) is 71.6 Å². The third-order valence-corrected chi connectivity index (χ3v) is 9.65. The van der Waals surface area contributed by atoms with Crippen LogP contribution in [0.2, 0.25) is 0 Å². The molecule has 0 aliphatic heterocycles. The number of carbonyl (C=O) groups excluding carboxylic acids is 3. The lowest BCUT2D eigenvalue weighted by Crippen LogP contribution is -2.61. The molecule has 4 aliphatic rings. The van der Waals surface area contributed by atoms with E-state index in [4.69, 9.17) is 4.74 Å². The number of nitrogens with zero attached hydrogens (tertiary/aromatic N) is 1. The van der Waals surface area contributed by atoms with Crippen LogP contribution in [0, 0.1) is 38.7 Å². The van der Waals surface area contributed by atoms with E-state index in [0.717, 1.165) is 5.57 Å². The van der Waals surface area contributed by atoms with Crippen molar-refractivity contribution in [2.75, 3.05) is 13.2 Å². The number of hydrogen-bond acceptors (Lipinski definition) is 9. The third-order valence-electron chi connectivity index (χ3n) is 9.65. The molecule has 2 fully saturated rings. The smallest absolute Gasteiger partial charge is 0.306 e. The van der Waals surface area contributed by atoms with E-state index in [1.54, 1.807) is 6.08 Å². The summed E-state index contributed by atoms with van der Waals surface area (Å²) in [6.07, 6.45) is 8.58. The molecule has 0 aromatic rings. The van der Waals surface area contributed by atoms with Gasteiger partial charge in [-0.05, 0) is 56.4 Å². The quantitative estimate of drug-likeness (QED) is 0.146. The largest absolute Gasteiger partial charge is 0.458 e. The Morgan fingerprint density at radius 3 is 2.73 bits per heavy atom. The molecule has 0 unspecified atom stereocenters. The SMILES string of the molecule is C[C@]12C=CC(=O)CC1=CC[C@@H]1[C@@H]2[C@@H](O)C[C@@]2(C)[C@H]1CC[C@]2(O)C(=O)COC(=O)CCCCCO[N+](=O)[O-]. The van der Waals surface area contributed by atoms with Crippen molar-refractivity contribution >= 4 is 17.5 Å². The summed E-state index contributed by atoms with van der Waals surface area (Å²) >= 11 is 0. The van der Waals surface area contributed by atoms with E-state index in [-0.39, 0.29) is 49.4 Å². The van der Waals surface area contributed by atoms with Gasteiger partial charge in [-0.15, -0.1) is 10.1 Å². The Kier molecular flexibility index (Phi) is 7.63. The number of aliphatic hydroxyl groups excluding tert-OH is 1. The standard InChI is InChI=1S/C27H37NO9/c1-25-11-9-18(29)14-17(25)7-8-19-20-10-12-27(33,26(20,2)15-21(30)24(19)25)22(31)16-36-23(32)6-4-3-5-13-37-28(34)35/h7,9,11,19-21,24,30,33H,3-6,8,10,12-16H2,1-2H3/t19-,20-,21-,24+,25-,26-,27-/m0/s1. The first-order valence-electron chi connectivity index (χ1n) is 13.2. The molecule has 0 amide bonds. The third kappa shape index (κ3) is 4.85. The van der Waals surface area contributed by atoms with Crippen molar-refractivity contribution in [1.29, 1.82) is 0 Å². The van der Waals surface area contributed by atoms with Crippen LogP contribution in [0.5, 0.6) is 0 Å². The number of hydrogen-bond donors (Lipinski definition) is 2. The first-order chi connectivity index (χ1) is 17.4. The average molecular weight is 520 g/mol. The fraction of sp³-hybridized carbons (Fsp3) is 0.741. The van der Waals surface area contributed by atoms with E-state index in [1.165, 1.54) is 0 Å². The topological polar surface area (TPSA) is 153 Å². The molecule has 10 nitrogen and oxygen atoms in total. The zero-order valence-corrected chi connectivity index (χ0v) is 21.5. The molecule has 10 heteroatoms. The second-order valence-electron chi connectivity index (χ2n) is 11.6. The minimum Gasteiger partial charge on any atom is -0.458 e. The van der Waals surface area contributed by atoms with Gasteiger partial charge in [0.2, 0.25) is 5.78 Å². The predicted molar refractivity (Wildman–Crippen MR) is 130 cm³/mol.